The Labute approximate surface area is 130 Å². The van der Waals surface area contributed by atoms with Gasteiger partial charge in [-0.3, -0.25) is 4.79 Å². The third kappa shape index (κ3) is 6.18. The highest BCUT2D eigenvalue weighted by Gasteiger charge is 2.05. The molecule has 1 aromatic rings. The molecule has 0 heterocycles. The van der Waals surface area contributed by atoms with Crippen LogP contribution in [0.3, 0.4) is 0 Å². The van der Waals surface area contributed by atoms with Crippen molar-refractivity contribution in [1.82, 2.24) is 10.3 Å². The van der Waals surface area contributed by atoms with Crippen LogP contribution in [0.2, 0.25) is 0 Å². The van der Waals surface area contributed by atoms with E-state index in [4.69, 9.17) is 17.0 Å². The predicted molar refractivity (Wildman–Crippen MR) is 89.1 cm³/mol. The number of carbonyl (C=O) groups excluding carboxylic acids is 1. The van der Waals surface area contributed by atoms with Crippen molar-refractivity contribution in [3.63, 3.8) is 0 Å². The fourth-order valence-corrected chi connectivity index (χ4v) is 1.52. The monoisotopic (exact) mass is 305 g/mol. The molecule has 0 aliphatic heterocycles. The summed E-state index contributed by atoms with van der Waals surface area (Å²) < 4.78 is 4.80. The molecule has 1 rings (SSSR count). The molecule has 0 aliphatic carbocycles. The summed E-state index contributed by atoms with van der Waals surface area (Å²) >= 11 is 5.11. The van der Waals surface area contributed by atoms with Crippen molar-refractivity contribution in [1.29, 1.82) is 0 Å². The first kappa shape index (κ1) is 16.8. The normalized spacial score (nSPS) is 10.2. The average molecular weight is 305 g/mol. The van der Waals surface area contributed by atoms with E-state index < -0.39 is 0 Å². The summed E-state index contributed by atoms with van der Waals surface area (Å²) in [5, 5.41) is 8.81. The summed E-state index contributed by atoms with van der Waals surface area (Å²) in [5.41, 5.74) is 1.99. The molecule has 0 fully saturated rings. The summed E-state index contributed by atoms with van der Waals surface area (Å²) in [6, 6.07) is 7.77. The molecule has 6 heteroatoms. The van der Waals surface area contributed by atoms with Crippen LogP contribution in [0.1, 0.15) is 18.1 Å². The molecule has 21 heavy (non-hydrogen) atoms. The van der Waals surface area contributed by atoms with Gasteiger partial charge in [0.25, 0.3) is 0 Å². The molecule has 1 N–H and O–H groups in total. The fraction of sp³-hybridized carbons (Fsp3) is 0.267. The Kier molecular flexibility index (Phi) is 7.11. The summed E-state index contributed by atoms with van der Waals surface area (Å²) in [7, 11) is 1.70. The number of carbonyl (C=O) groups is 1. The van der Waals surface area contributed by atoms with Crippen LogP contribution < -0.4 is 5.32 Å². The molecule has 0 saturated carbocycles. The van der Waals surface area contributed by atoms with Crippen LogP contribution in [0, 0.1) is 0 Å². The maximum atomic E-state index is 11.2. The number of nitrogens with one attached hydrogen (secondary N) is 1. The van der Waals surface area contributed by atoms with E-state index in [1.54, 1.807) is 26.3 Å². The highest BCUT2D eigenvalue weighted by atomic mass is 32.1. The second-order valence-corrected chi connectivity index (χ2v) is 4.49. The standard InChI is InChI=1S/C15H19N3O2S/c1-4-12-6-8-13(9-7-12)10-17-18(3)15(21)16-11-14(19)20-5-2/h4,6-10H,1,5,11H2,2-3H3,(H,16,21). The van der Waals surface area contributed by atoms with Gasteiger partial charge in [0.15, 0.2) is 5.11 Å². The number of hydrogen-bond acceptors (Lipinski definition) is 4. The molecule has 1 aromatic carbocycles. The first-order valence-electron chi connectivity index (χ1n) is 6.50. The van der Waals surface area contributed by atoms with Crippen molar-refractivity contribution < 1.29 is 9.53 Å². The molecule has 0 radical (unpaired) electrons. The van der Waals surface area contributed by atoms with Crippen molar-refractivity contribution in [3.05, 3.63) is 42.0 Å². The molecule has 0 unspecified atom stereocenters. The lowest BCUT2D eigenvalue weighted by atomic mass is 10.1. The average Bonchev–Trinajstić information content (AvgIpc) is 2.51. The van der Waals surface area contributed by atoms with Crippen LogP contribution in [-0.2, 0) is 9.53 Å². The van der Waals surface area contributed by atoms with Crippen molar-refractivity contribution in [2.24, 2.45) is 5.10 Å². The summed E-state index contributed by atoms with van der Waals surface area (Å²) in [4.78, 5) is 11.2. The third-order valence-corrected chi connectivity index (χ3v) is 2.94. The number of hydrogen-bond donors (Lipinski definition) is 1. The molecular weight excluding hydrogens is 286 g/mol. The Hall–Kier alpha value is -2.21. The van der Waals surface area contributed by atoms with Gasteiger partial charge in [-0.05, 0) is 30.3 Å². The molecule has 0 aromatic heterocycles. The number of hydrazone groups is 1. The third-order valence-electron chi connectivity index (χ3n) is 2.54. The molecule has 5 nitrogen and oxygen atoms in total. The molecule has 0 bridgehead atoms. The molecular formula is C15H19N3O2S. The lowest BCUT2D eigenvalue weighted by Gasteiger charge is -2.15. The van der Waals surface area contributed by atoms with E-state index in [1.807, 2.05) is 24.3 Å². The zero-order valence-corrected chi connectivity index (χ0v) is 13.0. The molecule has 0 atom stereocenters. The molecule has 0 aliphatic rings. The number of nitrogens with zero attached hydrogens (tertiary/aromatic N) is 2. The number of thiocarbonyl (C=S) groups is 1. The van der Waals surface area contributed by atoms with Gasteiger partial charge in [0, 0.05) is 7.05 Å². The van der Waals surface area contributed by atoms with Gasteiger partial charge < -0.3 is 10.1 Å². The first-order chi connectivity index (χ1) is 10.1. The van der Waals surface area contributed by atoms with Gasteiger partial charge >= 0.3 is 5.97 Å². The Morgan fingerprint density at radius 2 is 2.05 bits per heavy atom. The zero-order valence-electron chi connectivity index (χ0n) is 12.2. The quantitative estimate of drug-likeness (QED) is 0.377. The fourth-order valence-electron chi connectivity index (χ4n) is 1.40. The van der Waals surface area contributed by atoms with E-state index >= 15 is 0 Å². The number of benzene rings is 1. The topological polar surface area (TPSA) is 53.9 Å². The van der Waals surface area contributed by atoms with Crippen molar-refractivity contribution >= 4 is 35.6 Å². The van der Waals surface area contributed by atoms with E-state index in [0.717, 1.165) is 11.1 Å². The van der Waals surface area contributed by atoms with Crippen LogP contribution >= 0.6 is 12.2 Å². The van der Waals surface area contributed by atoms with Gasteiger partial charge in [-0.15, -0.1) is 0 Å². The predicted octanol–water partition coefficient (Wildman–Crippen LogP) is 2.03. The van der Waals surface area contributed by atoms with Crippen LogP contribution in [0.25, 0.3) is 6.08 Å². The van der Waals surface area contributed by atoms with E-state index in [9.17, 15) is 4.79 Å². The van der Waals surface area contributed by atoms with Crippen molar-refractivity contribution in [2.75, 3.05) is 20.2 Å². The highest BCUT2D eigenvalue weighted by Crippen LogP contribution is 2.03. The Morgan fingerprint density at radius 3 is 2.62 bits per heavy atom. The van der Waals surface area contributed by atoms with Crippen LogP contribution in [0.15, 0.2) is 35.9 Å². The van der Waals surface area contributed by atoms with Gasteiger partial charge in [0.05, 0.1) is 12.8 Å². The molecule has 0 spiro atoms. The minimum atomic E-state index is -0.350. The van der Waals surface area contributed by atoms with Crippen LogP contribution in [0.5, 0.6) is 0 Å². The summed E-state index contributed by atoms with van der Waals surface area (Å²) in [5.74, 6) is -0.350. The molecule has 112 valence electrons. The van der Waals surface area contributed by atoms with Crippen molar-refractivity contribution in [2.45, 2.75) is 6.92 Å². The number of esters is 1. The van der Waals surface area contributed by atoms with Gasteiger partial charge in [0.1, 0.15) is 6.54 Å². The highest BCUT2D eigenvalue weighted by molar-refractivity contribution is 7.80. The Bertz CT molecular complexity index is 526. The lowest BCUT2D eigenvalue weighted by molar-refractivity contribution is -0.141. The second-order valence-electron chi connectivity index (χ2n) is 4.10. The zero-order chi connectivity index (χ0) is 15.7. The van der Waals surface area contributed by atoms with E-state index in [2.05, 4.69) is 17.0 Å². The smallest absolute Gasteiger partial charge is 0.325 e. The van der Waals surface area contributed by atoms with Gasteiger partial charge in [0.2, 0.25) is 0 Å². The first-order valence-corrected chi connectivity index (χ1v) is 6.91. The van der Waals surface area contributed by atoms with Crippen LogP contribution in [0.4, 0.5) is 0 Å². The summed E-state index contributed by atoms with van der Waals surface area (Å²) in [6.07, 6.45) is 3.46. The SMILES string of the molecule is C=Cc1ccc(C=NN(C)C(=S)NCC(=O)OCC)cc1. The Balaban J connectivity index is 2.48. The largest absolute Gasteiger partial charge is 0.465 e. The van der Waals surface area contributed by atoms with Gasteiger partial charge in [-0.1, -0.05) is 36.9 Å². The van der Waals surface area contributed by atoms with E-state index in [0.29, 0.717) is 11.7 Å². The maximum absolute atomic E-state index is 11.2. The summed E-state index contributed by atoms with van der Waals surface area (Å²) in [6.45, 7) is 5.83. The van der Waals surface area contributed by atoms with Gasteiger partial charge in [-0.2, -0.15) is 5.10 Å². The minimum Gasteiger partial charge on any atom is -0.465 e. The number of rotatable bonds is 6. The minimum absolute atomic E-state index is 0.0283. The molecule has 0 amide bonds. The lowest BCUT2D eigenvalue weighted by Crippen LogP contribution is -2.37. The van der Waals surface area contributed by atoms with E-state index in [1.165, 1.54) is 5.01 Å². The second kappa shape index (κ2) is 8.86. The van der Waals surface area contributed by atoms with Gasteiger partial charge in [-0.25, -0.2) is 5.01 Å². The maximum Gasteiger partial charge on any atom is 0.325 e. The van der Waals surface area contributed by atoms with Crippen LogP contribution in [-0.4, -0.2) is 42.5 Å². The Morgan fingerprint density at radius 1 is 1.43 bits per heavy atom. The molecule has 0 saturated heterocycles. The van der Waals surface area contributed by atoms with E-state index in [-0.39, 0.29) is 12.5 Å². The van der Waals surface area contributed by atoms with Crippen molar-refractivity contribution in [3.8, 4) is 0 Å². The number of ether oxygens (including phenoxy) is 1.